The van der Waals surface area contributed by atoms with E-state index in [2.05, 4.69) is 16.2 Å². The van der Waals surface area contributed by atoms with E-state index < -0.39 is 21.8 Å². The number of carbonyl (C=O) groups is 3. The van der Waals surface area contributed by atoms with Gasteiger partial charge >= 0.3 is 0 Å². The third-order valence-electron chi connectivity index (χ3n) is 3.84. The monoisotopic (exact) mass is 418 g/mol. The Labute approximate surface area is 169 Å². The molecule has 0 unspecified atom stereocenters. The Bertz CT molecular complexity index is 991. The van der Waals surface area contributed by atoms with Gasteiger partial charge in [-0.1, -0.05) is 36.4 Å². The lowest BCUT2D eigenvalue weighted by Crippen LogP contribution is -2.46. The number of carbonyl (C=O) groups excluding carboxylic acids is 3. The third-order valence-corrected chi connectivity index (χ3v) is 5.65. The molecule has 0 aliphatic rings. The van der Waals surface area contributed by atoms with Crippen LogP contribution in [0.2, 0.25) is 0 Å². The maximum Gasteiger partial charge on any atom is 0.269 e. The molecular weight excluding hydrogens is 396 g/mol. The van der Waals surface area contributed by atoms with Crippen LogP contribution in [0.3, 0.4) is 0 Å². The summed E-state index contributed by atoms with van der Waals surface area (Å²) in [5.74, 6) is -1.65. The van der Waals surface area contributed by atoms with Crippen molar-refractivity contribution in [2.75, 3.05) is 20.6 Å². The lowest BCUT2D eigenvalue weighted by molar-refractivity contribution is -0.126. The van der Waals surface area contributed by atoms with Gasteiger partial charge in [0, 0.05) is 19.7 Å². The Kier molecular flexibility index (Phi) is 7.46. The van der Waals surface area contributed by atoms with Crippen molar-refractivity contribution in [3.8, 4) is 0 Å². The number of amides is 3. The van der Waals surface area contributed by atoms with E-state index in [0.717, 1.165) is 9.87 Å². The third kappa shape index (κ3) is 6.40. The van der Waals surface area contributed by atoms with Gasteiger partial charge in [0.15, 0.2) is 0 Å². The minimum atomic E-state index is -3.69. The first-order valence-corrected chi connectivity index (χ1v) is 10.1. The second-order valence-corrected chi connectivity index (χ2v) is 8.41. The summed E-state index contributed by atoms with van der Waals surface area (Å²) in [6, 6.07) is 14.5. The number of sulfonamides is 1. The number of hydrogen-bond acceptors (Lipinski definition) is 5. The smallest absolute Gasteiger partial charge is 0.269 e. The van der Waals surface area contributed by atoms with Gasteiger partial charge < -0.3 is 5.32 Å². The van der Waals surface area contributed by atoms with Crippen molar-refractivity contribution < 1.29 is 22.8 Å². The number of nitrogens with zero attached hydrogens (tertiary/aromatic N) is 1. The number of benzene rings is 2. The van der Waals surface area contributed by atoms with Gasteiger partial charge in [-0.05, 0) is 23.8 Å². The van der Waals surface area contributed by atoms with Crippen LogP contribution >= 0.6 is 0 Å². The number of nitrogens with one attached hydrogen (secondary N) is 3. The van der Waals surface area contributed by atoms with E-state index in [0.29, 0.717) is 0 Å². The van der Waals surface area contributed by atoms with Crippen LogP contribution < -0.4 is 16.2 Å². The Hall–Kier alpha value is -3.24. The summed E-state index contributed by atoms with van der Waals surface area (Å²) >= 11 is 0. The molecule has 2 aromatic rings. The fraction of sp³-hybridized carbons (Fsp3) is 0.211. The molecule has 2 aromatic carbocycles. The highest BCUT2D eigenvalue weighted by atomic mass is 32.2. The van der Waals surface area contributed by atoms with Crippen LogP contribution in [-0.2, 0) is 26.0 Å². The van der Waals surface area contributed by atoms with E-state index in [1.165, 1.54) is 38.4 Å². The van der Waals surface area contributed by atoms with Crippen LogP contribution in [0.1, 0.15) is 15.9 Å². The lowest BCUT2D eigenvalue weighted by atomic mass is 10.1. The van der Waals surface area contributed by atoms with Gasteiger partial charge in [0.2, 0.25) is 15.9 Å². The zero-order valence-electron chi connectivity index (χ0n) is 16.0. The van der Waals surface area contributed by atoms with E-state index >= 15 is 0 Å². The van der Waals surface area contributed by atoms with Gasteiger partial charge in [0.05, 0.1) is 17.9 Å². The summed E-state index contributed by atoms with van der Waals surface area (Å²) in [6.45, 7) is -0.318. The van der Waals surface area contributed by atoms with Gasteiger partial charge in [-0.15, -0.1) is 0 Å². The molecule has 0 atom stereocenters. The molecule has 3 N–H and O–H groups in total. The molecule has 10 heteroatoms. The average Bonchev–Trinajstić information content (AvgIpc) is 2.71. The molecule has 154 valence electrons. The summed E-state index contributed by atoms with van der Waals surface area (Å²) in [5.41, 5.74) is 5.22. The van der Waals surface area contributed by atoms with Gasteiger partial charge in [0.1, 0.15) is 0 Å². The zero-order valence-corrected chi connectivity index (χ0v) is 16.8. The molecular formula is C19H22N4O5S. The van der Waals surface area contributed by atoms with Crippen molar-refractivity contribution in [2.45, 2.75) is 11.3 Å². The largest absolute Gasteiger partial charge is 0.347 e. The van der Waals surface area contributed by atoms with Crippen LogP contribution in [0, 0.1) is 0 Å². The molecule has 0 radical (unpaired) electrons. The normalized spacial score (nSPS) is 11.0. The molecule has 0 aliphatic heterocycles. The highest BCUT2D eigenvalue weighted by molar-refractivity contribution is 7.89. The Morgan fingerprint density at radius 1 is 0.897 bits per heavy atom. The molecule has 0 bridgehead atoms. The molecule has 29 heavy (non-hydrogen) atoms. The Morgan fingerprint density at radius 2 is 1.59 bits per heavy atom. The van der Waals surface area contributed by atoms with Crippen LogP contribution in [0.5, 0.6) is 0 Å². The molecule has 9 nitrogen and oxygen atoms in total. The zero-order chi connectivity index (χ0) is 21.4. The lowest BCUT2D eigenvalue weighted by Gasteiger charge is -2.12. The summed E-state index contributed by atoms with van der Waals surface area (Å²) < 4.78 is 25.3. The molecule has 0 aliphatic carbocycles. The average molecular weight is 418 g/mol. The van der Waals surface area contributed by atoms with Crippen molar-refractivity contribution in [2.24, 2.45) is 0 Å². The number of rotatable bonds is 7. The molecule has 0 heterocycles. The van der Waals surface area contributed by atoms with E-state index in [-0.39, 0.29) is 29.3 Å². The molecule has 0 spiro atoms. The summed E-state index contributed by atoms with van der Waals surface area (Å²) in [5, 5.41) is 2.45. The highest BCUT2D eigenvalue weighted by Crippen LogP contribution is 2.14. The first-order valence-electron chi connectivity index (χ1n) is 8.62. The van der Waals surface area contributed by atoms with E-state index in [1.54, 1.807) is 12.1 Å². The number of hydrogen-bond donors (Lipinski definition) is 3. The summed E-state index contributed by atoms with van der Waals surface area (Å²) in [4.78, 5) is 35.7. The SMILES string of the molecule is CN(C)S(=O)(=O)c1cccc(C(=O)NNC(=O)CNC(=O)Cc2ccccc2)c1. The van der Waals surface area contributed by atoms with Crippen molar-refractivity contribution >= 4 is 27.7 Å². The predicted octanol–water partition coefficient (Wildman–Crippen LogP) is 0.0568. The predicted molar refractivity (Wildman–Crippen MR) is 106 cm³/mol. The Morgan fingerprint density at radius 3 is 2.24 bits per heavy atom. The van der Waals surface area contributed by atoms with E-state index in [4.69, 9.17) is 0 Å². The van der Waals surface area contributed by atoms with Crippen LogP contribution in [0.4, 0.5) is 0 Å². The van der Waals surface area contributed by atoms with Gasteiger partial charge in [-0.25, -0.2) is 12.7 Å². The first kappa shape index (κ1) is 22.1. The van der Waals surface area contributed by atoms with Crippen molar-refractivity contribution in [3.63, 3.8) is 0 Å². The van der Waals surface area contributed by atoms with Crippen molar-refractivity contribution in [1.82, 2.24) is 20.5 Å². The van der Waals surface area contributed by atoms with E-state index in [9.17, 15) is 22.8 Å². The van der Waals surface area contributed by atoms with Crippen molar-refractivity contribution in [1.29, 1.82) is 0 Å². The molecule has 0 saturated carbocycles. The molecule has 0 aromatic heterocycles. The maximum absolute atomic E-state index is 12.2. The Balaban J connectivity index is 1.84. The second kappa shape index (κ2) is 9.80. The fourth-order valence-corrected chi connectivity index (χ4v) is 3.22. The van der Waals surface area contributed by atoms with Gasteiger partial charge in [-0.3, -0.25) is 25.2 Å². The minimum absolute atomic E-state index is 0.0466. The minimum Gasteiger partial charge on any atom is -0.347 e. The van der Waals surface area contributed by atoms with Crippen molar-refractivity contribution in [3.05, 3.63) is 65.7 Å². The second-order valence-electron chi connectivity index (χ2n) is 6.26. The van der Waals surface area contributed by atoms with Crippen LogP contribution in [-0.4, -0.2) is 51.1 Å². The maximum atomic E-state index is 12.2. The standard InChI is InChI=1S/C19H22N4O5S/c1-23(2)29(27,28)16-10-6-9-15(12-16)19(26)22-21-18(25)13-20-17(24)11-14-7-4-3-5-8-14/h3-10,12H,11,13H2,1-2H3,(H,20,24)(H,21,25)(H,22,26). The first-order chi connectivity index (χ1) is 13.7. The van der Waals surface area contributed by atoms with Crippen LogP contribution in [0.25, 0.3) is 0 Å². The molecule has 0 fully saturated rings. The summed E-state index contributed by atoms with van der Waals surface area (Å²) in [7, 11) is -0.923. The summed E-state index contributed by atoms with van der Waals surface area (Å²) in [6.07, 6.45) is 0.133. The topological polar surface area (TPSA) is 125 Å². The van der Waals surface area contributed by atoms with Gasteiger partial charge in [-0.2, -0.15) is 0 Å². The molecule has 2 rings (SSSR count). The quantitative estimate of drug-likeness (QED) is 0.549. The highest BCUT2D eigenvalue weighted by Gasteiger charge is 2.19. The molecule has 0 saturated heterocycles. The fourth-order valence-electron chi connectivity index (χ4n) is 2.27. The van der Waals surface area contributed by atoms with Gasteiger partial charge in [0.25, 0.3) is 11.8 Å². The van der Waals surface area contributed by atoms with E-state index in [1.807, 2.05) is 18.2 Å². The number of hydrazine groups is 1. The van der Waals surface area contributed by atoms with Crippen LogP contribution in [0.15, 0.2) is 59.5 Å². The molecule has 3 amide bonds.